The Bertz CT molecular complexity index is 1140. The maximum atomic E-state index is 12.7. The van der Waals surface area contributed by atoms with Gasteiger partial charge in [-0.05, 0) is 43.7 Å². The number of nitrogens with zero attached hydrogens (tertiary/aromatic N) is 2. The summed E-state index contributed by atoms with van der Waals surface area (Å²) in [5.74, 6) is 0.227. The van der Waals surface area contributed by atoms with Crippen LogP contribution in [0.25, 0.3) is 11.0 Å². The number of imidazole rings is 1. The lowest BCUT2D eigenvalue weighted by molar-refractivity contribution is -0.147. The smallest absolute Gasteiger partial charge is 0.324 e. The monoisotopic (exact) mass is 458 g/mol. The maximum Gasteiger partial charge on any atom is 0.324 e. The minimum atomic E-state index is -3.68. The lowest BCUT2D eigenvalue weighted by atomic mass is 10.1. The van der Waals surface area contributed by atoms with Crippen LogP contribution in [0.1, 0.15) is 43.8 Å². The Morgan fingerprint density at radius 1 is 1.19 bits per heavy atom. The number of H-pyrrole nitrogens is 1. The number of carbonyl (C=O) groups is 1. The van der Waals surface area contributed by atoms with Crippen LogP contribution in [0, 0.1) is 12.8 Å². The molecule has 1 atom stereocenters. The third-order valence-electron chi connectivity index (χ3n) is 4.96. The summed E-state index contributed by atoms with van der Waals surface area (Å²) in [6.45, 7) is 5.84. The van der Waals surface area contributed by atoms with Crippen molar-refractivity contribution in [2.75, 3.05) is 5.75 Å². The Labute approximate surface area is 188 Å². The molecule has 1 aromatic carbocycles. The molecule has 2 aromatic heterocycles. The minimum Gasteiger partial charge on any atom is -0.460 e. The summed E-state index contributed by atoms with van der Waals surface area (Å²) in [6.07, 6.45) is 2.88. The number of aromatic amines is 1. The van der Waals surface area contributed by atoms with E-state index in [1.807, 2.05) is 57.2 Å². The quantitative estimate of drug-likeness (QED) is 0.426. The van der Waals surface area contributed by atoms with Crippen LogP contribution in [0.15, 0.2) is 42.6 Å². The number of fused-ring (bicyclic) bond motifs is 1. The van der Waals surface area contributed by atoms with Crippen molar-refractivity contribution in [1.82, 2.24) is 19.7 Å². The average molecular weight is 459 g/mol. The van der Waals surface area contributed by atoms with E-state index in [0.29, 0.717) is 19.3 Å². The van der Waals surface area contributed by atoms with Crippen molar-refractivity contribution in [3.63, 3.8) is 0 Å². The topological polar surface area (TPSA) is 114 Å². The van der Waals surface area contributed by atoms with Gasteiger partial charge in [-0.3, -0.25) is 9.78 Å². The first kappa shape index (κ1) is 23.9. The Balaban J connectivity index is 1.58. The minimum absolute atomic E-state index is 0.106. The third kappa shape index (κ3) is 6.86. The van der Waals surface area contributed by atoms with Crippen LogP contribution >= 0.6 is 0 Å². The van der Waals surface area contributed by atoms with Gasteiger partial charge in [0.25, 0.3) is 0 Å². The molecule has 32 heavy (non-hydrogen) atoms. The van der Waals surface area contributed by atoms with Gasteiger partial charge in [-0.2, -0.15) is 0 Å². The molecule has 0 spiro atoms. The summed E-state index contributed by atoms with van der Waals surface area (Å²) in [5, 5.41) is 0. The van der Waals surface area contributed by atoms with Gasteiger partial charge in [0, 0.05) is 6.20 Å². The fourth-order valence-corrected chi connectivity index (χ4v) is 4.76. The normalized spacial score (nSPS) is 12.9. The Hall–Kier alpha value is -2.78. The molecule has 0 aliphatic heterocycles. The predicted molar refractivity (Wildman–Crippen MR) is 123 cm³/mol. The second-order valence-electron chi connectivity index (χ2n) is 8.29. The summed E-state index contributed by atoms with van der Waals surface area (Å²) in [6, 6.07) is 10.2. The molecule has 0 unspecified atom stereocenters. The summed E-state index contributed by atoms with van der Waals surface area (Å²) in [7, 11) is -3.68. The van der Waals surface area contributed by atoms with Gasteiger partial charge in [-0.25, -0.2) is 18.1 Å². The molecule has 8 nitrogen and oxygen atoms in total. The van der Waals surface area contributed by atoms with E-state index in [1.165, 1.54) is 0 Å². The van der Waals surface area contributed by atoms with Crippen molar-refractivity contribution in [3.05, 3.63) is 59.7 Å². The van der Waals surface area contributed by atoms with E-state index in [2.05, 4.69) is 19.7 Å². The molecule has 172 valence electrons. The molecule has 0 saturated carbocycles. The fourth-order valence-electron chi connectivity index (χ4n) is 3.49. The SMILES string of the molecule is Cc1nc2c(CCCS(=O)(=O)N[C@@H](CC(C)C)C(=O)OCc3ccccc3)nccc2[nH]1. The van der Waals surface area contributed by atoms with E-state index in [4.69, 9.17) is 4.74 Å². The first-order chi connectivity index (χ1) is 15.2. The molecule has 0 saturated heterocycles. The van der Waals surface area contributed by atoms with Crippen molar-refractivity contribution in [1.29, 1.82) is 0 Å². The number of sulfonamides is 1. The molecule has 3 aromatic rings. The maximum absolute atomic E-state index is 12.7. The summed E-state index contributed by atoms with van der Waals surface area (Å²) >= 11 is 0. The van der Waals surface area contributed by atoms with Gasteiger partial charge in [0.1, 0.15) is 24.0 Å². The van der Waals surface area contributed by atoms with Crippen molar-refractivity contribution in [2.45, 2.75) is 52.7 Å². The van der Waals surface area contributed by atoms with Gasteiger partial charge in [-0.1, -0.05) is 44.2 Å². The molecule has 2 N–H and O–H groups in total. The number of benzene rings is 1. The van der Waals surface area contributed by atoms with Crippen LogP contribution < -0.4 is 4.72 Å². The zero-order chi connectivity index (χ0) is 23.1. The number of hydrogen-bond acceptors (Lipinski definition) is 6. The molecule has 0 bridgehead atoms. The van der Waals surface area contributed by atoms with Crippen molar-refractivity contribution in [3.8, 4) is 0 Å². The molecule has 9 heteroatoms. The van der Waals surface area contributed by atoms with Crippen LogP contribution in [-0.2, 0) is 32.6 Å². The number of aromatic nitrogens is 3. The van der Waals surface area contributed by atoms with E-state index in [9.17, 15) is 13.2 Å². The molecule has 0 aliphatic rings. The molecule has 0 fully saturated rings. The highest BCUT2D eigenvalue weighted by Crippen LogP contribution is 2.16. The zero-order valence-corrected chi connectivity index (χ0v) is 19.5. The van der Waals surface area contributed by atoms with Crippen LogP contribution in [-0.4, -0.2) is 41.1 Å². The second kappa shape index (κ2) is 10.7. The van der Waals surface area contributed by atoms with Gasteiger partial charge in [-0.15, -0.1) is 0 Å². The number of rotatable bonds is 11. The summed E-state index contributed by atoms with van der Waals surface area (Å²) in [4.78, 5) is 24.5. The van der Waals surface area contributed by atoms with Crippen LogP contribution in [0.5, 0.6) is 0 Å². The third-order valence-corrected chi connectivity index (χ3v) is 6.43. The van der Waals surface area contributed by atoms with Crippen molar-refractivity contribution >= 4 is 27.0 Å². The van der Waals surface area contributed by atoms with Gasteiger partial charge in [0.15, 0.2) is 0 Å². The van der Waals surface area contributed by atoms with Gasteiger partial charge >= 0.3 is 5.97 Å². The highest BCUT2D eigenvalue weighted by Gasteiger charge is 2.26. The molecule has 2 heterocycles. The Kier molecular flexibility index (Phi) is 7.98. The largest absolute Gasteiger partial charge is 0.460 e. The number of aryl methyl sites for hydroxylation is 2. The highest BCUT2D eigenvalue weighted by atomic mass is 32.2. The van der Waals surface area contributed by atoms with Crippen LogP contribution in [0.3, 0.4) is 0 Å². The molecular weight excluding hydrogens is 428 g/mol. The standard InChI is InChI=1S/C23H30N4O4S/c1-16(2)14-21(23(28)31-15-18-8-5-4-6-9-18)27-32(29,30)13-7-10-19-22-20(11-12-24-19)25-17(3)26-22/h4-6,8-9,11-12,16,21,27H,7,10,13-15H2,1-3H3,(H,25,26)/t21-/m0/s1. The van der Waals surface area contributed by atoms with Gasteiger partial charge in [0.2, 0.25) is 10.0 Å². The molecule has 3 rings (SSSR count). The highest BCUT2D eigenvalue weighted by molar-refractivity contribution is 7.89. The second-order valence-corrected chi connectivity index (χ2v) is 10.2. The van der Waals surface area contributed by atoms with E-state index < -0.39 is 22.0 Å². The fraction of sp³-hybridized carbons (Fsp3) is 0.435. The number of esters is 1. The Morgan fingerprint density at radius 2 is 1.94 bits per heavy atom. The van der Waals surface area contributed by atoms with Crippen LogP contribution in [0.2, 0.25) is 0 Å². The molecule has 0 amide bonds. The van der Waals surface area contributed by atoms with Crippen molar-refractivity contribution < 1.29 is 17.9 Å². The van der Waals surface area contributed by atoms with E-state index in [0.717, 1.165) is 28.1 Å². The number of hydrogen-bond donors (Lipinski definition) is 2. The first-order valence-electron chi connectivity index (χ1n) is 10.7. The number of ether oxygens (including phenoxy) is 1. The number of pyridine rings is 1. The number of nitrogens with one attached hydrogen (secondary N) is 2. The lowest BCUT2D eigenvalue weighted by Crippen LogP contribution is -2.43. The van der Waals surface area contributed by atoms with E-state index in [1.54, 1.807) is 6.20 Å². The summed E-state index contributed by atoms with van der Waals surface area (Å²) < 4.78 is 33.3. The van der Waals surface area contributed by atoms with Crippen LogP contribution in [0.4, 0.5) is 0 Å². The molecule has 0 aliphatic carbocycles. The van der Waals surface area contributed by atoms with Crippen molar-refractivity contribution in [2.24, 2.45) is 5.92 Å². The number of carbonyl (C=O) groups excluding carboxylic acids is 1. The average Bonchev–Trinajstić information content (AvgIpc) is 3.12. The molecule has 0 radical (unpaired) electrons. The van der Waals surface area contributed by atoms with E-state index in [-0.39, 0.29) is 18.3 Å². The van der Waals surface area contributed by atoms with Gasteiger partial charge < -0.3 is 9.72 Å². The summed E-state index contributed by atoms with van der Waals surface area (Å²) in [5.41, 5.74) is 3.24. The van der Waals surface area contributed by atoms with Gasteiger partial charge in [0.05, 0.1) is 17.0 Å². The lowest BCUT2D eigenvalue weighted by Gasteiger charge is -2.19. The Morgan fingerprint density at radius 3 is 2.66 bits per heavy atom. The zero-order valence-electron chi connectivity index (χ0n) is 18.7. The predicted octanol–water partition coefficient (Wildman–Crippen LogP) is 3.28. The molecular formula is C23H30N4O4S. The first-order valence-corrected chi connectivity index (χ1v) is 12.4. The van der Waals surface area contributed by atoms with E-state index >= 15 is 0 Å².